The summed E-state index contributed by atoms with van der Waals surface area (Å²) in [4.78, 5) is 13.7. The highest BCUT2D eigenvalue weighted by Crippen LogP contribution is 2.38. The normalized spacial score (nSPS) is 17.1. The third kappa shape index (κ3) is 5.30. The van der Waals surface area contributed by atoms with Crippen LogP contribution >= 0.6 is 0 Å². The van der Waals surface area contributed by atoms with Crippen molar-refractivity contribution >= 4 is 5.69 Å². The van der Waals surface area contributed by atoms with Crippen LogP contribution in [0.3, 0.4) is 0 Å². The molecule has 0 spiro atoms. The summed E-state index contributed by atoms with van der Waals surface area (Å²) in [5, 5.41) is 16.3. The second kappa shape index (κ2) is 10.4. The molecule has 0 bridgehead atoms. The van der Waals surface area contributed by atoms with E-state index in [-0.39, 0.29) is 12.1 Å². The smallest absolute Gasteiger partial charge is 0.237 e. The Morgan fingerprint density at radius 3 is 2.46 bits per heavy atom. The van der Waals surface area contributed by atoms with Gasteiger partial charge in [0.1, 0.15) is 11.9 Å². The summed E-state index contributed by atoms with van der Waals surface area (Å²) >= 11 is 0. The molecule has 0 saturated heterocycles. The maximum absolute atomic E-state index is 9.03. The van der Waals surface area contributed by atoms with Gasteiger partial charge in [-0.1, -0.05) is 42.5 Å². The molecule has 3 heterocycles. The molecule has 2 aromatic carbocycles. The lowest BCUT2D eigenvalue weighted by Crippen LogP contribution is -2.43. The van der Waals surface area contributed by atoms with Crippen molar-refractivity contribution in [2.24, 2.45) is 0 Å². The molecule has 6 rings (SSSR count). The van der Waals surface area contributed by atoms with Crippen LogP contribution in [0.15, 0.2) is 79.3 Å². The number of hydrogen-bond donors (Lipinski definition) is 2. The largest absolute Gasteiger partial charge is 0.469 e. The molecular formula is C30H28N6O. The predicted molar refractivity (Wildman–Crippen MR) is 142 cm³/mol. The average molecular weight is 489 g/mol. The summed E-state index contributed by atoms with van der Waals surface area (Å²) < 4.78 is 6.43. The van der Waals surface area contributed by atoms with Crippen LogP contribution in [0.2, 0.25) is 0 Å². The van der Waals surface area contributed by atoms with Crippen LogP contribution < -0.4 is 15.4 Å². The van der Waals surface area contributed by atoms with Gasteiger partial charge in [-0.2, -0.15) is 5.26 Å². The van der Waals surface area contributed by atoms with Crippen molar-refractivity contribution < 1.29 is 4.74 Å². The second-order valence-corrected chi connectivity index (χ2v) is 9.62. The van der Waals surface area contributed by atoms with Gasteiger partial charge in [0.2, 0.25) is 5.88 Å². The van der Waals surface area contributed by atoms with Crippen LogP contribution in [0, 0.1) is 11.3 Å². The summed E-state index contributed by atoms with van der Waals surface area (Å²) in [7, 11) is 0. The molecule has 2 aliphatic rings. The molecule has 1 saturated carbocycles. The Balaban J connectivity index is 1.15. The molecule has 0 radical (unpaired) electrons. The Bertz CT molecular complexity index is 1400. The minimum atomic E-state index is -0.129. The lowest BCUT2D eigenvalue weighted by molar-refractivity contribution is 0.150. The van der Waals surface area contributed by atoms with E-state index in [1.807, 2.05) is 48.9 Å². The Labute approximate surface area is 216 Å². The van der Waals surface area contributed by atoms with Crippen LogP contribution in [0.25, 0.3) is 11.1 Å². The summed E-state index contributed by atoms with van der Waals surface area (Å²) in [6, 6.07) is 22.4. The lowest BCUT2D eigenvalue weighted by Gasteiger charge is -2.33. The van der Waals surface area contributed by atoms with Gasteiger partial charge in [-0.25, -0.2) is 15.0 Å². The first-order valence-electron chi connectivity index (χ1n) is 12.8. The van der Waals surface area contributed by atoms with Crippen molar-refractivity contribution in [2.75, 3.05) is 18.4 Å². The number of nitrogens with one attached hydrogen (secondary N) is 2. The maximum atomic E-state index is 9.03. The average Bonchev–Trinajstić information content (AvgIpc) is 3.82. The van der Waals surface area contributed by atoms with Crippen molar-refractivity contribution in [2.45, 2.75) is 37.3 Å². The van der Waals surface area contributed by atoms with E-state index in [1.54, 1.807) is 0 Å². The molecule has 1 aliphatic heterocycles. The zero-order valence-electron chi connectivity index (χ0n) is 20.5. The van der Waals surface area contributed by atoms with E-state index in [4.69, 9.17) is 10.00 Å². The van der Waals surface area contributed by atoms with Gasteiger partial charge in [-0.05, 0) is 55.1 Å². The zero-order chi connectivity index (χ0) is 25.0. The fourth-order valence-electron chi connectivity index (χ4n) is 4.69. The molecule has 2 N–H and O–H groups in total. The monoisotopic (exact) mass is 488 g/mol. The molecule has 7 nitrogen and oxygen atoms in total. The second-order valence-electron chi connectivity index (χ2n) is 9.62. The zero-order valence-corrected chi connectivity index (χ0v) is 20.5. The van der Waals surface area contributed by atoms with Crippen molar-refractivity contribution in [3.05, 3.63) is 102 Å². The number of fused-ring (bicyclic) bond motifs is 1. The van der Waals surface area contributed by atoms with E-state index in [2.05, 4.69) is 62.0 Å². The predicted octanol–water partition coefficient (Wildman–Crippen LogP) is 5.03. The molecular weight excluding hydrogens is 460 g/mol. The van der Waals surface area contributed by atoms with Gasteiger partial charge in [0.25, 0.3) is 0 Å². The highest BCUT2D eigenvalue weighted by Gasteiger charge is 2.30. The molecule has 0 unspecified atom stereocenters. The number of pyridine rings is 1. The molecule has 0 amide bonds. The fraction of sp³-hybridized carbons (Fsp3) is 0.267. The van der Waals surface area contributed by atoms with Gasteiger partial charge in [-0.3, -0.25) is 0 Å². The standard InChI is InChI=1S/C30H28N6O/c31-15-21-8-6-20(7-9-21)12-13-32-28(22-4-2-1-3-5-22)27-19-33-26-14-24(16-36-30(26)37-27)25-17-34-29(35-18-25)23-10-11-23/h1-9,14,16-18,23,27-28,32-33H,10-13,19H2/t27-,28+/m0/s1. The van der Waals surface area contributed by atoms with E-state index < -0.39 is 0 Å². The number of ether oxygens (including phenoxy) is 1. The van der Waals surface area contributed by atoms with Crippen LogP contribution in [0.1, 0.15) is 47.3 Å². The number of nitrogens with zero attached hydrogens (tertiary/aromatic N) is 4. The van der Waals surface area contributed by atoms with Gasteiger partial charge in [0.15, 0.2) is 0 Å². The van der Waals surface area contributed by atoms with Crippen molar-refractivity contribution in [1.82, 2.24) is 20.3 Å². The first-order valence-corrected chi connectivity index (χ1v) is 12.8. The van der Waals surface area contributed by atoms with Crippen LogP contribution in [-0.2, 0) is 6.42 Å². The summed E-state index contributed by atoms with van der Waals surface area (Å²) in [6.45, 7) is 1.43. The minimum absolute atomic E-state index is 0.00919. The van der Waals surface area contributed by atoms with E-state index in [0.717, 1.165) is 35.6 Å². The molecule has 2 aromatic heterocycles. The van der Waals surface area contributed by atoms with Gasteiger partial charge in [0.05, 0.1) is 29.9 Å². The van der Waals surface area contributed by atoms with Crippen molar-refractivity contribution in [3.63, 3.8) is 0 Å². The first-order chi connectivity index (χ1) is 18.3. The topological polar surface area (TPSA) is 95.8 Å². The van der Waals surface area contributed by atoms with Crippen LogP contribution in [-0.4, -0.2) is 34.1 Å². The van der Waals surface area contributed by atoms with Gasteiger partial charge >= 0.3 is 0 Å². The molecule has 1 fully saturated rings. The third-order valence-electron chi connectivity index (χ3n) is 6.95. The molecule has 37 heavy (non-hydrogen) atoms. The van der Waals surface area contributed by atoms with E-state index in [9.17, 15) is 0 Å². The van der Waals surface area contributed by atoms with Crippen molar-refractivity contribution in [1.29, 1.82) is 5.26 Å². The number of benzene rings is 2. The molecule has 2 atom stereocenters. The Kier molecular flexibility index (Phi) is 6.49. The number of hydrogen-bond acceptors (Lipinski definition) is 7. The number of rotatable bonds is 8. The maximum Gasteiger partial charge on any atom is 0.237 e. The first kappa shape index (κ1) is 23.1. The Hall–Kier alpha value is -4.28. The van der Waals surface area contributed by atoms with Gasteiger partial charge in [-0.15, -0.1) is 0 Å². The minimum Gasteiger partial charge on any atom is -0.469 e. The quantitative estimate of drug-likeness (QED) is 0.359. The van der Waals surface area contributed by atoms with Crippen LogP contribution in [0.5, 0.6) is 5.88 Å². The Morgan fingerprint density at radius 1 is 0.973 bits per heavy atom. The van der Waals surface area contributed by atoms with Gasteiger partial charge < -0.3 is 15.4 Å². The number of aromatic nitrogens is 3. The van der Waals surface area contributed by atoms with E-state index in [1.165, 1.54) is 24.0 Å². The fourth-order valence-corrected chi connectivity index (χ4v) is 4.69. The molecule has 4 aromatic rings. The summed E-state index contributed by atoms with van der Waals surface area (Å²) in [5.74, 6) is 2.08. The summed E-state index contributed by atoms with van der Waals surface area (Å²) in [5.41, 5.74) is 5.84. The van der Waals surface area contributed by atoms with E-state index in [0.29, 0.717) is 23.9 Å². The summed E-state index contributed by atoms with van der Waals surface area (Å²) in [6.07, 6.45) is 8.71. The van der Waals surface area contributed by atoms with E-state index >= 15 is 0 Å². The number of anilines is 1. The SMILES string of the molecule is N#Cc1ccc(CCN[C@H](c2ccccc2)[C@@H]2CNc3cc(-c4cnc(C5CC5)nc4)cnc3O2)cc1. The Morgan fingerprint density at radius 2 is 1.73 bits per heavy atom. The van der Waals surface area contributed by atoms with Crippen molar-refractivity contribution in [3.8, 4) is 23.1 Å². The highest BCUT2D eigenvalue weighted by atomic mass is 16.5. The number of nitriles is 1. The molecule has 7 heteroatoms. The highest BCUT2D eigenvalue weighted by molar-refractivity contribution is 5.69. The van der Waals surface area contributed by atoms with Gasteiger partial charge in [0, 0.05) is 35.6 Å². The third-order valence-corrected chi connectivity index (χ3v) is 6.95. The lowest BCUT2D eigenvalue weighted by atomic mass is 9.99. The molecule has 184 valence electrons. The molecule has 1 aliphatic carbocycles. The van der Waals surface area contributed by atoms with Crippen LogP contribution in [0.4, 0.5) is 5.69 Å².